The normalized spacial score (nSPS) is 11.6. The average molecular weight is 468 g/mol. The molecular formula is C24H26ClN5O3. The first kappa shape index (κ1) is 22.7. The van der Waals surface area contributed by atoms with E-state index < -0.39 is 5.54 Å². The summed E-state index contributed by atoms with van der Waals surface area (Å²) in [6, 6.07) is 9.20. The maximum Gasteiger partial charge on any atom is 0.288 e. The van der Waals surface area contributed by atoms with E-state index in [1.54, 1.807) is 36.9 Å². The molecule has 33 heavy (non-hydrogen) atoms. The molecule has 0 unspecified atom stereocenters. The third-order valence-electron chi connectivity index (χ3n) is 5.12. The zero-order valence-corrected chi connectivity index (χ0v) is 20.2. The SMILES string of the molecule is COc1cc2nc(Nc3c(C)cccc3Cl)c3cnc(C(=O)NC(C)(C)C)n3c2cc1OC. The van der Waals surface area contributed by atoms with Crippen molar-refractivity contribution in [2.75, 3.05) is 19.5 Å². The van der Waals surface area contributed by atoms with Gasteiger partial charge in [-0.05, 0) is 39.3 Å². The molecule has 2 aromatic carbocycles. The van der Waals surface area contributed by atoms with Crippen molar-refractivity contribution in [2.24, 2.45) is 0 Å². The number of anilines is 2. The number of carbonyl (C=O) groups excluding carboxylic acids is 1. The van der Waals surface area contributed by atoms with Crippen LogP contribution in [0, 0.1) is 6.92 Å². The van der Waals surface area contributed by atoms with Crippen LogP contribution in [0.5, 0.6) is 11.5 Å². The number of amides is 1. The van der Waals surface area contributed by atoms with Crippen molar-refractivity contribution in [1.82, 2.24) is 19.7 Å². The summed E-state index contributed by atoms with van der Waals surface area (Å²) in [6.45, 7) is 7.71. The molecule has 4 rings (SSSR count). The van der Waals surface area contributed by atoms with Gasteiger partial charge in [-0.1, -0.05) is 23.7 Å². The van der Waals surface area contributed by atoms with Crippen molar-refractivity contribution in [1.29, 1.82) is 0 Å². The van der Waals surface area contributed by atoms with Gasteiger partial charge >= 0.3 is 0 Å². The predicted octanol–water partition coefficient (Wildman–Crippen LogP) is 5.13. The van der Waals surface area contributed by atoms with Crippen LogP contribution in [0.25, 0.3) is 16.6 Å². The third kappa shape index (κ3) is 4.26. The number of aryl methyl sites for hydroxylation is 1. The lowest BCUT2D eigenvalue weighted by Crippen LogP contribution is -2.41. The number of fused-ring (bicyclic) bond motifs is 3. The van der Waals surface area contributed by atoms with Gasteiger partial charge in [0, 0.05) is 17.7 Å². The van der Waals surface area contributed by atoms with Crippen LogP contribution in [0.15, 0.2) is 36.5 Å². The zero-order valence-electron chi connectivity index (χ0n) is 19.4. The third-order valence-corrected chi connectivity index (χ3v) is 5.43. The Balaban J connectivity index is 2.01. The Morgan fingerprint density at radius 1 is 1.09 bits per heavy atom. The van der Waals surface area contributed by atoms with Crippen LogP contribution < -0.4 is 20.1 Å². The monoisotopic (exact) mass is 467 g/mol. The fourth-order valence-corrected chi connectivity index (χ4v) is 3.89. The Bertz CT molecular complexity index is 1350. The fourth-order valence-electron chi connectivity index (χ4n) is 3.62. The van der Waals surface area contributed by atoms with Gasteiger partial charge in [-0.3, -0.25) is 9.20 Å². The molecule has 2 heterocycles. The molecule has 2 aromatic heterocycles. The second-order valence-corrected chi connectivity index (χ2v) is 9.13. The van der Waals surface area contributed by atoms with E-state index in [1.165, 1.54) is 0 Å². The molecule has 0 aliphatic heterocycles. The Hall–Kier alpha value is -3.52. The first-order valence-electron chi connectivity index (χ1n) is 10.4. The van der Waals surface area contributed by atoms with Crippen molar-refractivity contribution in [3.8, 4) is 11.5 Å². The number of ether oxygens (including phenoxy) is 2. The molecule has 0 aliphatic rings. The minimum absolute atomic E-state index is 0.235. The van der Waals surface area contributed by atoms with Crippen LogP contribution in [-0.4, -0.2) is 40.0 Å². The largest absolute Gasteiger partial charge is 0.493 e. The topological polar surface area (TPSA) is 89.8 Å². The van der Waals surface area contributed by atoms with Gasteiger partial charge in [-0.15, -0.1) is 0 Å². The number of nitrogens with one attached hydrogen (secondary N) is 2. The molecule has 0 saturated carbocycles. The Labute approximate surface area is 196 Å². The zero-order chi connectivity index (χ0) is 23.9. The van der Waals surface area contributed by atoms with Gasteiger partial charge in [-0.25, -0.2) is 9.97 Å². The number of benzene rings is 2. The second-order valence-electron chi connectivity index (χ2n) is 8.72. The van der Waals surface area contributed by atoms with E-state index in [0.717, 1.165) is 11.3 Å². The summed E-state index contributed by atoms with van der Waals surface area (Å²) in [5.41, 5.74) is 3.13. The van der Waals surface area contributed by atoms with Gasteiger partial charge in [0.2, 0.25) is 5.82 Å². The molecule has 2 N–H and O–H groups in total. The first-order valence-corrected chi connectivity index (χ1v) is 10.8. The van der Waals surface area contributed by atoms with Crippen LogP contribution in [0.2, 0.25) is 5.02 Å². The van der Waals surface area contributed by atoms with Gasteiger partial charge in [0.05, 0.1) is 42.2 Å². The molecule has 0 fully saturated rings. The van der Waals surface area contributed by atoms with E-state index in [0.29, 0.717) is 38.9 Å². The minimum Gasteiger partial charge on any atom is -0.493 e. The molecule has 9 heteroatoms. The van der Waals surface area contributed by atoms with Crippen LogP contribution in [0.1, 0.15) is 37.0 Å². The number of nitrogens with zero attached hydrogens (tertiary/aromatic N) is 3. The van der Waals surface area contributed by atoms with Crippen molar-refractivity contribution in [3.63, 3.8) is 0 Å². The number of aromatic nitrogens is 3. The summed E-state index contributed by atoms with van der Waals surface area (Å²) < 4.78 is 12.7. The highest BCUT2D eigenvalue weighted by atomic mass is 35.5. The van der Waals surface area contributed by atoms with E-state index >= 15 is 0 Å². The summed E-state index contributed by atoms with van der Waals surface area (Å²) in [5.74, 6) is 1.49. The number of para-hydroxylation sites is 1. The minimum atomic E-state index is -0.428. The maximum absolute atomic E-state index is 13.1. The van der Waals surface area contributed by atoms with Crippen molar-refractivity contribution in [3.05, 3.63) is 52.9 Å². The highest BCUT2D eigenvalue weighted by Crippen LogP contribution is 2.36. The molecule has 0 radical (unpaired) electrons. The second kappa shape index (κ2) is 8.44. The predicted molar refractivity (Wildman–Crippen MR) is 130 cm³/mol. The van der Waals surface area contributed by atoms with Gasteiger partial charge in [0.15, 0.2) is 17.3 Å². The van der Waals surface area contributed by atoms with Crippen molar-refractivity contribution >= 4 is 45.6 Å². The smallest absolute Gasteiger partial charge is 0.288 e. The van der Waals surface area contributed by atoms with E-state index in [1.807, 2.05) is 45.9 Å². The van der Waals surface area contributed by atoms with Crippen LogP contribution in [0.4, 0.5) is 11.5 Å². The number of methoxy groups -OCH3 is 2. The summed E-state index contributed by atoms with van der Waals surface area (Å²) in [6.07, 6.45) is 1.62. The molecule has 8 nitrogen and oxygen atoms in total. The van der Waals surface area contributed by atoms with Crippen LogP contribution in [-0.2, 0) is 0 Å². The first-order chi connectivity index (χ1) is 15.6. The number of hydrogen-bond acceptors (Lipinski definition) is 6. The highest BCUT2D eigenvalue weighted by Gasteiger charge is 2.23. The van der Waals surface area contributed by atoms with Crippen LogP contribution >= 0.6 is 11.6 Å². The molecule has 4 aromatic rings. The summed E-state index contributed by atoms with van der Waals surface area (Å²) in [5, 5.41) is 6.87. The Morgan fingerprint density at radius 3 is 2.42 bits per heavy atom. The molecular weight excluding hydrogens is 442 g/mol. The van der Waals surface area contributed by atoms with Gasteiger partial charge in [0.1, 0.15) is 5.52 Å². The molecule has 1 amide bonds. The Kier molecular flexibility index (Phi) is 5.80. The molecule has 0 aliphatic carbocycles. The number of rotatable bonds is 5. The molecule has 0 bridgehead atoms. The van der Waals surface area contributed by atoms with E-state index in [4.69, 9.17) is 26.1 Å². The Morgan fingerprint density at radius 2 is 1.79 bits per heavy atom. The highest BCUT2D eigenvalue weighted by molar-refractivity contribution is 6.33. The van der Waals surface area contributed by atoms with Crippen molar-refractivity contribution < 1.29 is 14.3 Å². The summed E-state index contributed by atoms with van der Waals surface area (Å²) >= 11 is 6.45. The van der Waals surface area contributed by atoms with Gasteiger partial charge in [0.25, 0.3) is 5.91 Å². The van der Waals surface area contributed by atoms with Crippen LogP contribution in [0.3, 0.4) is 0 Å². The maximum atomic E-state index is 13.1. The van der Waals surface area contributed by atoms with E-state index in [2.05, 4.69) is 15.6 Å². The van der Waals surface area contributed by atoms with Crippen molar-refractivity contribution in [2.45, 2.75) is 33.2 Å². The number of imidazole rings is 1. The van der Waals surface area contributed by atoms with Gasteiger partial charge < -0.3 is 20.1 Å². The van der Waals surface area contributed by atoms with E-state index in [-0.39, 0.29) is 11.7 Å². The lowest BCUT2D eigenvalue weighted by molar-refractivity contribution is 0.0908. The lowest BCUT2D eigenvalue weighted by atomic mass is 10.1. The summed E-state index contributed by atoms with van der Waals surface area (Å²) in [7, 11) is 3.12. The standard InChI is InChI=1S/C24H26ClN5O3/c1-13-8-7-9-14(25)20(13)28-21-17-12-26-22(23(31)29-24(2,3)4)30(17)16-11-19(33-6)18(32-5)10-15(16)27-21/h7-12H,1-6H3,(H,27,28)(H,29,31). The average Bonchev–Trinajstić information content (AvgIpc) is 3.20. The lowest BCUT2D eigenvalue weighted by Gasteiger charge is -2.20. The molecule has 0 atom stereocenters. The number of carbonyl (C=O) groups is 1. The summed E-state index contributed by atoms with van der Waals surface area (Å²) in [4.78, 5) is 22.4. The van der Waals surface area contributed by atoms with Gasteiger partial charge in [-0.2, -0.15) is 0 Å². The number of hydrogen-bond donors (Lipinski definition) is 2. The van der Waals surface area contributed by atoms with E-state index in [9.17, 15) is 4.79 Å². The molecule has 0 saturated heterocycles. The fraction of sp³-hybridized carbons (Fsp3) is 0.292. The molecule has 172 valence electrons. The molecule has 0 spiro atoms. The quantitative estimate of drug-likeness (QED) is 0.422. The number of halogens is 1.